The van der Waals surface area contributed by atoms with E-state index in [9.17, 15) is 18.0 Å². The maximum atomic E-state index is 12.7. The number of amides is 1. The highest BCUT2D eigenvalue weighted by atomic mass is 19.4. The Labute approximate surface area is 116 Å². The second-order valence-corrected chi connectivity index (χ2v) is 4.71. The summed E-state index contributed by atoms with van der Waals surface area (Å²) in [6, 6.07) is 3.88. The van der Waals surface area contributed by atoms with Crippen molar-refractivity contribution in [1.82, 2.24) is 4.90 Å². The highest BCUT2D eigenvalue weighted by Gasteiger charge is 2.31. The van der Waals surface area contributed by atoms with Gasteiger partial charge in [0, 0.05) is 6.54 Å². The predicted octanol–water partition coefficient (Wildman–Crippen LogP) is 2.96. The second kappa shape index (κ2) is 6.26. The molecule has 0 aliphatic carbocycles. The zero-order chi connectivity index (χ0) is 15.5. The second-order valence-electron chi connectivity index (χ2n) is 4.71. The topological polar surface area (TPSA) is 46.3 Å². The van der Waals surface area contributed by atoms with Gasteiger partial charge in [0.15, 0.2) is 0 Å². The van der Waals surface area contributed by atoms with E-state index in [0.29, 0.717) is 12.1 Å². The molecule has 2 atom stereocenters. The van der Waals surface area contributed by atoms with Gasteiger partial charge >= 0.3 is 6.18 Å². The van der Waals surface area contributed by atoms with Crippen LogP contribution in [0.5, 0.6) is 0 Å². The summed E-state index contributed by atoms with van der Waals surface area (Å²) < 4.78 is 38.1. The molecule has 1 unspecified atom stereocenters. The largest absolute Gasteiger partial charge is 0.416 e. The standard InChI is InChI=1S/C14H19F3N2O/c1-4-19(13(20)9(2)18)10(3)11-6-5-7-12(8-11)14(15,16)17/h5-10H,4,18H2,1-3H3/t9-,10?/m0/s1. The van der Waals surface area contributed by atoms with Crippen LogP contribution in [-0.2, 0) is 11.0 Å². The van der Waals surface area contributed by atoms with Crippen molar-refractivity contribution in [3.05, 3.63) is 35.4 Å². The summed E-state index contributed by atoms with van der Waals surface area (Å²) in [4.78, 5) is 13.4. The van der Waals surface area contributed by atoms with Gasteiger partial charge in [-0.3, -0.25) is 4.79 Å². The summed E-state index contributed by atoms with van der Waals surface area (Å²) in [5.74, 6) is -0.280. The number of alkyl halides is 3. The average Bonchev–Trinajstić information content (AvgIpc) is 2.38. The van der Waals surface area contributed by atoms with Crippen molar-refractivity contribution in [2.75, 3.05) is 6.54 Å². The number of hydrogen-bond donors (Lipinski definition) is 1. The number of halogens is 3. The molecule has 1 aromatic carbocycles. The van der Waals surface area contributed by atoms with Gasteiger partial charge < -0.3 is 10.6 Å². The Kier molecular flexibility index (Phi) is 5.16. The molecule has 6 heteroatoms. The van der Waals surface area contributed by atoms with Crippen LogP contribution in [-0.4, -0.2) is 23.4 Å². The Hall–Kier alpha value is -1.56. The number of benzene rings is 1. The molecule has 1 rings (SSSR count). The van der Waals surface area contributed by atoms with Crippen LogP contribution in [0, 0.1) is 0 Å². The lowest BCUT2D eigenvalue weighted by atomic mass is 10.0. The van der Waals surface area contributed by atoms with Crippen LogP contribution < -0.4 is 5.73 Å². The van der Waals surface area contributed by atoms with E-state index >= 15 is 0 Å². The van der Waals surface area contributed by atoms with Gasteiger partial charge in [-0.15, -0.1) is 0 Å². The van der Waals surface area contributed by atoms with Gasteiger partial charge in [-0.1, -0.05) is 12.1 Å². The van der Waals surface area contributed by atoms with E-state index in [1.807, 2.05) is 0 Å². The van der Waals surface area contributed by atoms with Crippen LogP contribution in [0.1, 0.15) is 37.9 Å². The molecule has 20 heavy (non-hydrogen) atoms. The first-order valence-electron chi connectivity index (χ1n) is 6.41. The number of carbonyl (C=O) groups excluding carboxylic acids is 1. The van der Waals surface area contributed by atoms with Gasteiger partial charge in [0.1, 0.15) is 0 Å². The van der Waals surface area contributed by atoms with E-state index in [1.165, 1.54) is 11.0 Å². The van der Waals surface area contributed by atoms with Gasteiger partial charge in [-0.25, -0.2) is 0 Å². The lowest BCUT2D eigenvalue weighted by Gasteiger charge is -2.30. The van der Waals surface area contributed by atoms with Crippen LogP contribution >= 0.6 is 0 Å². The quantitative estimate of drug-likeness (QED) is 0.926. The smallest absolute Gasteiger partial charge is 0.335 e. The number of nitrogens with zero attached hydrogens (tertiary/aromatic N) is 1. The Morgan fingerprint density at radius 1 is 1.35 bits per heavy atom. The van der Waals surface area contributed by atoms with Crippen LogP contribution in [0.3, 0.4) is 0 Å². The molecular weight excluding hydrogens is 269 g/mol. The first-order valence-corrected chi connectivity index (χ1v) is 6.41. The number of likely N-dealkylation sites (N-methyl/N-ethyl adjacent to an activating group) is 1. The molecule has 0 saturated heterocycles. The lowest BCUT2D eigenvalue weighted by molar-refractivity contribution is -0.137. The molecule has 0 spiro atoms. The molecule has 1 aromatic rings. The fourth-order valence-electron chi connectivity index (χ4n) is 2.04. The molecule has 2 N–H and O–H groups in total. The van der Waals surface area contributed by atoms with Crippen molar-refractivity contribution in [2.45, 2.75) is 39.0 Å². The molecule has 112 valence electrons. The highest BCUT2D eigenvalue weighted by molar-refractivity contribution is 5.81. The number of nitrogens with two attached hydrogens (primary N) is 1. The summed E-state index contributed by atoms with van der Waals surface area (Å²) in [6.07, 6.45) is -4.39. The summed E-state index contributed by atoms with van der Waals surface area (Å²) >= 11 is 0. The Morgan fingerprint density at radius 3 is 2.40 bits per heavy atom. The van der Waals surface area contributed by atoms with Crippen molar-refractivity contribution >= 4 is 5.91 Å². The first-order chi connectivity index (χ1) is 9.18. The van der Waals surface area contributed by atoms with Crippen molar-refractivity contribution in [3.8, 4) is 0 Å². The van der Waals surface area contributed by atoms with Crippen molar-refractivity contribution in [1.29, 1.82) is 0 Å². The Bertz CT molecular complexity index is 472. The van der Waals surface area contributed by atoms with Crippen LogP contribution in [0.2, 0.25) is 0 Å². The third kappa shape index (κ3) is 3.72. The zero-order valence-corrected chi connectivity index (χ0v) is 11.7. The van der Waals surface area contributed by atoms with Crippen LogP contribution in [0.25, 0.3) is 0 Å². The van der Waals surface area contributed by atoms with Gasteiger partial charge in [-0.05, 0) is 38.5 Å². The van der Waals surface area contributed by atoms with Crippen molar-refractivity contribution in [3.63, 3.8) is 0 Å². The Balaban J connectivity index is 3.07. The molecule has 0 fully saturated rings. The van der Waals surface area contributed by atoms with Crippen LogP contribution in [0.15, 0.2) is 24.3 Å². The minimum atomic E-state index is -4.39. The molecule has 0 aliphatic heterocycles. The maximum Gasteiger partial charge on any atom is 0.416 e. The first kappa shape index (κ1) is 16.5. The van der Waals surface area contributed by atoms with E-state index in [4.69, 9.17) is 5.73 Å². The third-order valence-electron chi connectivity index (χ3n) is 3.18. The number of carbonyl (C=O) groups is 1. The zero-order valence-electron chi connectivity index (χ0n) is 11.7. The molecule has 0 saturated carbocycles. The molecule has 0 bridgehead atoms. The molecule has 1 amide bonds. The fraction of sp³-hybridized carbons (Fsp3) is 0.500. The minimum Gasteiger partial charge on any atom is -0.335 e. The number of hydrogen-bond acceptors (Lipinski definition) is 2. The van der Waals surface area contributed by atoms with E-state index in [-0.39, 0.29) is 5.91 Å². The van der Waals surface area contributed by atoms with Crippen molar-refractivity contribution < 1.29 is 18.0 Å². The SMILES string of the molecule is CCN(C(=O)[C@H](C)N)C(C)c1cccc(C(F)(F)F)c1. The molecule has 3 nitrogen and oxygen atoms in total. The van der Waals surface area contributed by atoms with Gasteiger partial charge in [0.2, 0.25) is 5.91 Å². The molecule has 0 aromatic heterocycles. The molecule has 0 aliphatic rings. The minimum absolute atomic E-state index is 0.280. The summed E-state index contributed by atoms with van der Waals surface area (Å²) in [5, 5.41) is 0. The van der Waals surface area contributed by atoms with Crippen molar-refractivity contribution in [2.24, 2.45) is 5.73 Å². The maximum absolute atomic E-state index is 12.7. The summed E-state index contributed by atoms with van der Waals surface area (Å²) in [5.41, 5.74) is 5.28. The van der Waals surface area contributed by atoms with Gasteiger partial charge in [-0.2, -0.15) is 13.2 Å². The summed E-state index contributed by atoms with van der Waals surface area (Å²) in [6.45, 7) is 5.41. The van der Waals surface area contributed by atoms with Gasteiger partial charge in [0.25, 0.3) is 0 Å². The highest BCUT2D eigenvalue weighted by Crippen LogP contribution is 2.31. The van der Waals surface area contributed by atoms with E-state index in [1.54, 1.807) is 26.8 Å². The fourth-order valence-corrected chi connectivity index (χ4v) is 2.04. The lowest BCUT2D eigenvalue weighted by Crippen LogP contribution is -2.43. The van der Waals surface area contributed by atoms with E-state index < -0.39 is 23.8 Å². The predicted molar refractivity (Wildman–Crippen MR) is 70.9 cm³/mol. The average molecular weight is 288 g/mol. The van der Waals surface area contributed by atoms with E-state index in [2.05, 4.69) is 0 Å². The molecule has 0 heterocycles. The van der Waals surface area contributed by atoms with E-state index in [0.717, 1.165) is 12.1 Å². The normalized spacial score (nSPS) is 14.8. The molecule has 0 radical (unpaired) electrons. The third-order valence-corrected chi connectivity index (χ3v) is 3.18. The Morgan fingerprint density at radius 2 is 1.95 bits per heavy atom. The monoisotopic (exact) mass is 288 g/mol. The summed E-state index contributed by atoms with van der Waals surface area (Å²) in [7, 11) is 0. The van der Waals surface area contributed by atoms with Gasteiger partial charge in [0.05, 0.1) is 17.6 Å². The number of rotatable bonds is 4. The van der Waals surface area contributed by atoms with Crippen LogP contribution in [0.4, 0.5) is 13.2 Å². The molecular formula is C14H19F3N2O.